The molecule has 12 heteroatoms. The number of hydrogen-bond acceptors (Lipinski definition) is 5. The predicted octanol–water partition coefficient (Wildman–Crippen LogP) is 2.99. The van der Waals surface area contributed by atoms with Crippen LogP contribution in [-0.2, 0) is 0 Å². The molecule has 0 amide bonds. The molecule has 12 rings (SSSR count). The van der Waals surface area contributed by atoms with Crippen molar-refractivity contribution in [2.45, 2.75) is 0 Å². The first-order valence-corrected chi connectivity index (χ1v) is 21.5. The number of para-hydroxylation sites is 1. The summed E-state index contributed by atoms with van der Waals surface area (Å²) in [6.07, 6.45) is 0. The summed E-state index contributed by atoms with van der Waals surface area (Å²) in [6.45, 7) is 0. The highest BCUT2D eigenvalue weighted by Crippen LogP contribution is 2.41. The smallest absolute Gasteiger partial charge is 0.164 e. The highest BCUT2D eigenvalue weighted by molar-refractivity contribution is 6.62. The topological polar surface area (TPSA) is 69.9 Å². The van der Waals surface area contributed by atoms with Crippen molar-refractivity contribution in [1.29, 1.82) is 0 Å². The number of hydrogen-bond donors (Lipinski definition) is 0. The van der Waals surface area contributed by atoms with Crippen molar-refractivity contribution in [3.05, 3.63) is 146 Å². The monoisotopic (exact) mass is 802 g/mol. The van der Waals surface area contributed by atoms with Gasteiger partial charge in [0.15, 0.2) is 17.5 Å². The van der Waals surface area contributed by atoms with E-state index in [0.29, 0.717) is 17.5 Å². The van der Waals surface area contributed by atoms with Crippen LogP contribution in [0.1, 0.15) is 0 Å². The molecule has 0 aliphatic heterocycles. The third-order valence-electron chi connectivity index (χ3n) is 13.2. The van der Waals surface area contributed by atoms with Crippen molar-refractivity contribution in [2.75, 3.05) is 0 Å². The normalized spacial score (nSPS) is 11.9. The van der Waals surface area contributed by atoms with Gasteiger partial charge in [0.2, 0.25) is 0 Å². The second-order valence-corrected chi connectivity index (χ2v) is 17.1. The first kappa shape index (κ1) is 37.3. The zero-order valence-electron chi connectivity index (χ0n) is 36.0. The maximum absolute atomic E-state index is 7.00. The summed E-state index contributed by atoms with van der Waals surface area (Å²) in [5.74, 6) is 1.72. The quantitative estimate of drug-likeness (QED) is 0.251. The number of rotatable bonds is 5. The summed E-state index contributed by atoms with van der Waals surface area (Å²) >= 11 is 0. The van der Waals surface area contributed by atoms with Crippen molar-refractivity contribution < 1.29 is 8.83 Å². The Morgan fingerprint density at radius 2 is 0.984 bits per heavy atom. The fourth-order valence-electron chi connectivity index (χ4n) is 9.97. The molecule has 0 fully saturated rings. The van der Waals surface area contributed by atoms with E-state index in [4.69, 9.17) is 23.8 Å². The molecule has 0 radical (unpaired) electrons. The average Bonchev–Trinajstić information content (AvgIpc) is 4.01. The van der Waals surface area contributed by atoms with Crippen molar-refractivity contribution >= 4 is 146 Å². The SMILES string of the molecule is Bc1cc(B)c2c(c1B)c1c(B)c(B)cc(B)c1n2-c1cc(-c2ccccc2)c2oc3cc(-c4nc(-c5ccccc5)nc(-c5cccc6oc7ccccc7c56)n4)ccc3c2c1. The lowest BCUT2D eigenvalue weighted by Crippen LogP contribution is -2.33. The van der Waals surface area contributed by atoms with Crippen LogP contribution >= 0.6 is 0 Å². The first-order chi connectivity index (χ1) is 30.7. The maximum Gasteiger partial charge on any atom is 0.164 e. The molecule has 0 unspecified atom stereocenters. The van der Waals surface area contributed by atoms with Crippen LogP contribution in [0.5, 0.6) is 0 Å². The summed E-state index contributed by atoms with van der Waals surface area (Å²) in [4.78, 5) is 15.4. The summed E-state index contributed by atoms with van der Waals surface area (Å²) in [5.41, 5.74) is 19.3. The summed E-state index contributed by atoms with van der Waals surface area (Å²) in [5, 5.41) is 6.73. The van der Waals surface area contributed by atoms with E-state index in [1.54, 1.807) is 0 Å². The van der Waals surface area contributed by atoms with Gasteiger partial charge in [0.1, 0.15) is 69.4 Å². The van der Waals surface area contributed by atoms with Gasteiger partial charge in [-0.05, 0) is 52.7 Å². The van der Waals surface area contributed by atoms with E-state index in [1.165, 1.54) is 54.6 Å². The Labute approximate surface area is 368 Å². The highest BCUT2D eigenvalue weighted by Gasteiger charge is 2.24. The molecular formula is C51H36B6N4O2. The van der Waals surface area contributed by atoms with Crippen LogP contribution in [0.15, 0.2) is 154 Å². The predicted molar refractivity (Wildman–Crippen MR) is 280 cm³/mol. The van der Waals surface area contributed by atoms with Crippen LogP contribution in [0.4, 0.5) is 0 Å². The van der Waals surface area contributed by atoms with Crippen LogP contribution in [0.2, 0.25) is 0 Å². The number of nitrogens with zero attached hydrogens (tertiary/aromatic N) is 4. The zero-order chi connectivity index (χ0) is 42.7. The molecule has 8 aromatic carbocycles. The lowest BCUT2D eigenvalue weighted by atomic mass is 9.71. The third-order valence-corrected chi connectivity index (χ3v) is 13.2. The van der Waals surface area contributed by atoms with E-state index in [-0.39, 0.29) is 0 Å². The van der Waals surface area contributed by atoms with Crippen LogP contribution < -0.4 is 32.8 Å². The van der Waals surface area contributed by atoms with Crippen molar-refractivity contribution in [1.82, 2.24) is 19.5 Å². The van der Waals surface area contributed by atoms with Crippen molar-refractivity contribution in [2.24, 2.45) is 0 Å². The van der Waals surface area contributed by atoms with Gasteiger partial charge in [-0.25, -0.2) is 15.0 Å². The number of aromatic nitrogens is 4. The number of benzene rings is 8. The van der Waals surface area contributed by atoms with Crippen LogP contribution in [-0.4, -0.2) is 66.6 Å². The Morgan fingerprint density at radius 1 is 0.381 bits per heavy atom. The van der Waals surface area contributed by atoms with Gasteiger partial charge >= 0.3 is 0 Å². The summed E-state index contributed by atoms with van der Waals surface area (Å²) < 4.78 is 15.8. The van der Waals surface area contributed by atoms with Gasteiger partial charge in [-0.15, -0.1) is 0 Å². The van der Waals surface area contributed by atoms with E-state index >= 15 is 0 Å². The van der Waals surface area contributed by atoms with Gasteiger partial charge in [0.25, 0.3) is 0 Å². The van der Waals surface area contributed by atoms with Crippen LogP contribution in [0, 0.1) is 0 Å². The molecule has 0 aliphatic rings. The molecule has 0 N–H and O–H groups in total. The lowest BCUT2D eigenvalue weighted by Gasteiger charge is -2.15. The van der Waals surface area contributed by atoms with E-state index in [2.05, 4.69) is 137 Å². The molecule has 0 bridgehead atoms. The molecule has 290 valence electrons. The van der Waals surface area contributed by atoms with Gasteiger partial charge in [-0.3, -0.25) is 0 Å². The minimum absolute atomic E-state index is 0.558. The van der Waals surface area contributed by atoms with Gasteiger partial charge < -0.3 is 13.4 Å². The van der Waals surface area contributed by atoms with Gasteiger partial charge in [-0.2, -0.15) is 0 Å². The minimum atomic E-state index is 0.558. The molecule has 0 saturated heterocycles. The molecule has 0 atom stereocenters. The molecule has 4 heterocycles. The standard InChI is InChI=1S/C51H36B6N4O2/c52-34-23-36(54)46-42(44(34)56)43-45(57)35(53)24-37(55)47(43)61(46)28-21-32(25-10-3-1-4-11-25)48-33(22-28)29-19-18-27(20-40(29)63-48)50-58-49(26-12-5-2-6-13-26)59-51(60-50)31-15-9-17-39-41(31)30-14-7-8-16-38(30)62-39/h1-24H,52-57H2. The van der Waals surface area contributed by atoms with Gasteiger partial charge in [0.05, 0.1) is 0 Å². The van der Waals surface area contributed by atoms with Crippen LogP contribution in [0.25, 0.3) is 117 Å². The Bertz CT molecular complexity index is 3810. The Morgan fingerprint density at radius 3 is 1.68 bits per heavy atom. The molecule has 4 aromatic heterocycles. The molecule has 12 aromatic rings. The second-order valence-electron chi connectivity index (χ2n) is 17.1. The Kier molecular flexibility index (Phi) is 8.32. The highest BCUT2D eigenvalue weighted by atomic mass is 16.3. The fraction of sp³-hybridized carbons (Fsp3) is 0. The summed E-state index contributed by atoms with van der Waals surface area (Å²) in [7, 11) is 13.5. The third kappa shape index (κ3) is 5.70. The zero-order valence-corrected chi connectivity index (χ0v) is 36.0. The molecule has 6 nitrogen and oxygen atoms in total. The summed E-state index contributed by atoms with van der Waals surface area (Å²) in [6, 6.07) is 50.5. The maximum atomic E-state index is 7.00. The molecule has 0 spiro atoms. The molecule has 0 aliphatic carbocycles. The Hall–Kier alpha value is -7.44. The van der Waals surface area contributed by atoms with Gasteiger partial charge in [0, 0.05) is 60.5 Å². The molecular weight excluding hydrogens is 765 g/mol. The van der Waals surface area contributed by atoms with E-state index in [9.17, 15) is 0 Å². The number of furan rings is 2. The van der Waals surface area contributed by atoms with Crippen molar-refractivity contribution in [3.8, 4) is 51.0 Å². The lowest BCUT2D eigenvalue weighted by molar-refractivity contribution is 0.669. The first-order valence-electron chi connectivity index (χ1n) is 21.5. The molecule has 0 saturated carbocycles. The second kappa shape index (κ2) is 14.0. The number of fused-ring (bicyclic) bond motifs is 9. The van der Waals surface area contributed by atoms with E-state index in [1.807, 2.05) is 60.7 Å². The fourth-order valence-corrected chi connectivity index (χ4v) is 9.97. The van der Waals surface area contributed by atoms with Crippen LogP contribution in [0.3, 0.4) is 0 Å². The van der Waals surface area contributed by atoms with Crippen molar-refractivity contribution in [3.63, 3.8) is 0 Å². The Balaban J connectivity index is 1.11. The van der Waals surface area contributed by atoms with E-state index < -0.39 is 0 Å². The van der Waals surface area contributed by atoms with E-state index in [0.717, 1.165) is 77.4 Å². The minimum Gasteiger partial charge on any atom is -0.456 e. The molecule has 63 heavy (non-hydrogen) atoms. The average molecular weight is 802 g/mol. The largest absolute Gasteiger partial charge is 0.456 e. The van der Waals surface area contributed by atoms with Gasteiger partial charge in [-0.1, -0.05) is 142 Å².